The second-order valence-electron chi connectivity index (χ2n) is 3.32. The molecule has 2 rings (SSSR count). The van der Waals surface area contributed by atoms with Crippen molar-refractivity contribution >= 4 is 26.8 Å². The van der Waals surface area contributed by atoms with E-state index in [4.69, 9.17) is 5.11 Å². The van der Waals surface area contributed by atoms with Crippen LogP contribution in [0.2, 0.25) is 0 Å². The number of rotatable bonds is 2. The van der Waals surface area contributed by atoms with Gasteiger partial charge in [-0.05, 0) is 24.1 Å². The van der Waals surface area contributed by atoms with Crippen molar-refractivity contribution in [3.8, 4) is 0 Å². The fourth-order valence-electron chi connectivity index (χ4n) is 1.63. The van der Waals surface area contributed by atoms with Gasteiger partial charge in [-0.3, -0.25) is 4.79 Å². The van der Waals surface area contributed by atoms with Gasteiger partial charge in [-0.1, -0.05) is 22.0 Å². The third-order valence-corrected chi connectivity index (χ3v) is 2.77. The van der Waals surface area contributed by atoms with Crippen LogP contribution in [-0.2, 0) is 6.42 Å². The van der Waals surface area contributed by atoms with Crippen molar-refractivity contribution < 1.29 is 5.11 Å². The maximum atomic E-state index is 11.3. The first kappa shape index (κ1) is 10.4. The number of aliphatic hydroxyl groups excluding tert-OH is 1. The fourth-order valence-corrected chi connectivity index (χ4v) is 1.99. The van der Waals surface area contributed by atoms with Gasteiger partial charge in [0.2, 0.25) is 5.56 Å². The van der Waals surface area contributed by atoms with Crippen LogP contribution in [0, 0.1) is 0 Å². The molecule has 1 heterocycles. The zero-order valence-electron chi connectivity index (χ0n) is 7.96. The van der Waals surface area contributed by atoms with Crippen molar-refractivity contribution in [2.45, 2.75) is 6.42 Å². The maximum absolute atomic E-state index is 11.3. The Morgan fingerprint density at radius 1 is 1.33 bits per heavy atom. The minimum Gasteiger partial charge on any atom is -0.396 e. The molecule has 15 heavy (non-hydrogen) atoms. The molecule has 0 spiro atoms. The predicted molar refractivity (Wildman–Crippen MR) is 63.1 cm³/mol. The van der Waals surface area contributed by atoms with Crippen molar-refractivity contribution in [1.82, 2.24) is 4.98 Å². The number of fused-ring (bicyclic) bond motifs is 1. The van der Waals surface area contributed by atoms with E-state index in [0.717, 1.165) is 20.9 Å². The van der Waals surface area contributed by atoms with Gasteiger partial charge in [-0.25, -0.2) is 0 Å². The number of hydrogen-bond donors (Lipinski definition) is 2. The average Bonchev–Trinajstić information content (AvgIpc) is 2.17. The Kier molecular flexibility index (Phi) is 2.88. The standard InChI is InChI=1S/C11H10BrNO2/c12-8-1-2-9-7(3-4-14)5-11(15)13-10(9)6-8/h1-2,5-6,14H,3-4H2,(H,13,15). The minimum atomic E-state index is -0.135. The number of hydrogen-bond acceptors (Lipinski definition) is 2. The molecule has 0 unspecified atom stereocenters. The summed E-state index contributed by atoms with van der Waals surface area (Å²) in [5.41, 5.74) is 1.54. The van der Waals surface area contributed by atoms with E-state index in [2.05, 4.69) is 20.9 Å². The number of aliphatic hydroxyl groups is 1. The molecule has 78 valence electrons. The van der Waals surface area contributed by atoms with Crippen molar-refractivity contribution in [3.63, 3.8) is 0 Å². The number of pyridine rings is 1. The van der Waals surface area contributed by atoms with Crippen LogP contribution in [-0.4, -0.2) is 16.7 Å². The molecule has 3 nitrogen and oxygen atoms in total. The smallest absolute Gasteiger partial charge is 0.248 e. The first-order valence-corrected chi connectivity index (χ1v) is 5.42. The number of halogens is 1. The summed E-state index contributed by atoms with van der Waals surface area (Å²) < 4.78 is 0.923. The maximum Gasteiger partial charge on any atom is 0.248 e. The first-order valence-electron chi connectivity index (χ1n) is 4.63. The molecule has 0 aliphatic rings. The fraction of sp³-hybridized carbons (Fsp3) is 0.182. The Morgan fingerprint density at radius 3 is 2.87 bits per heavy atom. The second-order valence-corrected chi connectivity index (χ2v) is 4.24. The number of H-pyrrole nitrogens is 1. The van der Waals surface area contributed by atoms with Crippen LogP contribution in [0.3, 0.4) is 0 Å². The molecule has 0 aliphatic carbocycles. The highest BCUT2D eigenvalue weighted by Crippen LogP contribution is 2.20. The van der Waals surface area contributed by atoms with Gasteiger partial charge in [-0.2, -0.15) is 0 Å². The van der Waals surface area contributed by atoms with E-state index in [1.54, 1.807) is 0 Å². The van der Waals surface area contributed by atoms with Gasteiger partial charge in [0.15, 0.2) is 0 Å². The number of nitrogens with one attached hydrogen (secondary N) is 1. The highest BCUT2D eigenvalue weighted by Gasteiger charge is 2.03. The van der Waals surface area contributed by atoms with E-state index in [1.165, 1.54) is 6.07 Å². The quantitative estimate of drug-likeness (QED) is 0.873. The Bertz CT molecular complexity index is 548. The van der Waals surface area contributed by atoms with E-state index in [1.807, 2.05) is 18.2 Å². The molecular formula is C11H10BrNO2. The summed E-state index contributed by atoms with van der Waals surface area (Å²) in [6, 6.07) is 7.24. The molecule has 0 saturated carbocycles. The Labute approximate surface area is 94.9 Å². The molecule has 0 atom stereocenters. The van der Waals surface area contributed by atoms with Crippen LogP contribution in [0.25, 0.3) is 10.9 Å². The third-order valence-electron chi connectivity index (χ3n) is 2.27. The van der Waals surface area contributed by atoms with Gasteiger partial charge in [0.25, 0.3) is 0 Å². The molecule has 2 N–H and O–H groups in total. The van der Waals surface area contributed by atoms with Gasteiger partial charge in [0.05, 0.1) is 0 Å². The Hall–Kier alpha value is -1.13. The minimum absolute atomic E-state index is 0.0502. The van der Waals surface area contributed by atoms with Crippen LogP contribution >= 0.6 is 15.9 Å². The molecular weight excluding hydrogens is 258 g/mol. The van der Waals surface area contributed by atoms with Crippen LogP contribution in [0.1, 0.15) is 5.56 Å². The first-order chi connectivity index (χ1) is 7.20. The molecule has 1 aromatic carbocycles. The van der Waals surface area contributed by atoms with Crippen molar-refractivity contribution in [1.29, 1.82) is 0 Å². The summed E-state index contributed by atoms with van der Waals surface area (Å²) in [5, 5.41) is 9.88. The zero-order valence-corrected chi connectivity index (χ0v) is 9.54. The molecule has 0 fully saturated rings. The molecule has 0 bridgehead atoms. The monoisotopic (exact) mass is 267 g/mol. The Balaban J connectivity index is 2.74. The topological polar surface area (TPSA) is 53.1 Å². The van der Waals surface area contributed by atoms with Crippen molar-refractivity contribution in [3.05, 3.63) is 44.7 Å². The highest BCUT2D eigenvalue weighted by molar-refractivity contribution is 9.10. The van der Waals surface area contributed by atoms with E-state index in [9.17, 15) is 4.79 Å². The highest BCUT2D eigenvalue weighted by atomic mass is 79.9. The predicted octanol–water partition coefficient (Wildman–Crippen LogP) is 1.83. The summed E-state index contributed by atoms with van der Waals surface area (Å²) >= 11 is 3.35. The van der Waals surface area contributed by atoms with Gasteiger partial charge in [0, 0.05) is 28.0 Å². The van der Waals surface area contributed by atoms with Gasteiger partial charge in [0.1, 0.15) is 0 Å². The van der Waals surface area contributed by atoms with Crippen LogP contribution in [0.15, 0.2) is 33.5 Å². The number of aromatic nitrogens is 1. The van der Waals surface area contributed by atoms with Crippen LogP contribution < -0.4 is 5.56 Å². The SMILES string of the molecule is O=c1cc(CCO)c2ccc(Br)cc2[nH]1. The largest absolute Gasteiger partial charge is 0.396 e. The summed E-state index contributed by atoms with van der Waals surface area (Å²) in [5.74, 6) is 0. The van der Waals surface area contributed by atoms with Crippen molar-refractivity contribution in [2.24, 2.45) is 0 Å². The van der Waals surface area contributed by atoms with Crippen molar-refractivity contribution in [2.75, 3.05) is 6.61 Å². The molecule has 2 aromatic rings. The lowest BCUT2D eigenvalue weighted by atomic mass is 10.1. The number of benzene rings is 1. The molecule has 0 saturated heterocycles. The normalized spacial score (nSPS) is 10.8. The Morgan fingerprint density at radius 2 is 2.13 bits per heavy atom. The van der Waals surface area contributed by atoms with E-state index in [0.29, 0.717) is 6.42 Å². The zero-order chi connectivity index (χ0) is 10.8. The lowest BCUT2D eigenvalue weighted by Crippen LogP contribution is -2.07. The molecule has 0 aliphatic heterocycles. The lowest BCUT2D eigenvalue weighted by Gasteiger charge is -2.04. The summed E-state index contributed by atoms with van der Waals surface area (Å²) in [7, 11) is 0. The third kappa shape index (κ3) is 2.11. The summed E-state index contributed by atoms with van der Waals surface area (Å²) in [6.45, 7) is 0.0502. The lowest BCUT2D eigenvalue weighted by molar-refractivity contribution is 0.300. The van der Waals surface area contributed by atoms with Crippen LogP contribution in [0.4, 0.5) is 0 Å². The summed E-state index contributed by atoms with van der Waals surface area (Å²) in [4.78, 5) is 14.1. The van der Waals surface area contributed by atoms with Crippen LogP contribution in [0.5, 0.6) is 0 Å². The molecule has 4 heteroatoms. The van der Waals surface area contributed by atoms with E-state index < -0.39 is 0 Å². The average molecular weight is 268 g/mol. The molecule has 0 radical (unpaired) electrons. The van der Waals surface area contributed by atoms with E-state index >= 15 is 0 Å². The number of aromatic amines is 1. The van der Waals surface area contributed by atoms with Gasteiger partial charge < -0.3 is 10.1 Å². The molecule has 1 aromatic heterocycles. The summed E-state index contributed by atoms with van der Waals surface area (Å²) in [6.07, 6.45) is 0.502. The van der Waals surface area contributed by atoms with Gasteiger partial charge >= 0.3 is 0 Å². The molecule has 0 amide bonds. The second kappa shape index (κ2) is 4.16. The van der Waals surface area contributed by atoms with Gasteiger partial charge in [-0.15, -0.1) is 0 Å². The van der Waals surface area contributed by atoms with E-state index in [-0.39, 0.29) is 12.2 Å².